The average Bonchev–Trinajstić information content (AvgIpc) is 2.69. The molecule has 2 rings (SSSR count). The van der Waals surface area contributed by atoms with Gasteiger partial charge in [-0.25, -0.2) is 8.42 Å². The van der Waals surface area contributed by atoms with Crippen molar-refractivity contribution in [3.05, 3.63) is 54.1 Å². The third kappa shape index (κ3) is 5.33. The van der Waals surface area contributed by atoms with Gasteiger partial charge in [-0.15, -0.1) is 0 Å². The summed E-state index contributed by atoms with van der Waals surface area (Å²) in [5.41, 5.74) is 1.06. The maximum absolute atomic E-state index is 12.9. The van der Waals surface area contributed by atoms with Crippen LogP contribution in [-0.2, 0) is 14.6 Å². The fraction of sp³-hybridized carbons (Fsp3) is 0.381. The van der Waals surface area contributed by atoms with E-state index in [2.05, 4.69) is 25.7 Å². The summed E-state index contributed by atoms with van der Waals surface area (Å²) in [7, 11) is -3.69. The first-order chi connectivity index (χ1) is 13.3. The van der Waals surface area contributed by atoms with E-state index in [-0.39, 0.29) is 28.9 Å². The van der Waals surface area contributed by atoms with Crippen molar-refractivity contribution in [2.75, 3.05) is 19.7 Å². The number of sulfone groups is 1. The van der Waals surface area contributed by atoms with E-state index >= 15 is 0 Å². The molecule has 0 bridgehead atoms. The van der Waals surface area contributed by atoms with Gasteiger partial charge in [0.1, 0.15) is 5.75 Å². The number of carboxylic acids is 1. The van der Waals surface area contributed by atoms with Crippen molar-refractivity contribution in [1.82, 2.24) is 4.90 Å². The van der Waals surface area contributed by atoms with Gasteiger partial charge in [0.2, 0.25) is 9.84 Å². The molecule has 0 aromatic heterocycles. The molecule has 0 unspecified atom stereocenters. The normalized spacial score (nSPS) is 12.7. The van der Waals surface area contributed by atoms with Crippen molar-refractivity contribution < 1.29 is 23.1 Å². The molecule has 0 saturated heterocycles. The molecule has 0 spiro atoms. The maximum Gasteiger partial charge on any atom is 0.306 e. The van der Waals surface area contributed by atoms with E-state index in [0.717, 1.165) is 18.7 Å². The van der Waals surface area contributed by atoms with Gasteiger partial charge in [-0.2, -0.15) is 0 Å². The number of hydrogen-bond donors (Lipinski definition) is 1. The van der Waals surface area contributed by atoms with Crippen LogP contribution in [0.25, 0.3) is 0 Å². The van der Waals surface area contributed by atoms with Crippen molar-refractivity contribution in [1.29, 1.82) is 0 Å². The van der Waals surface area contributed by atoms with Crippen LogP contribution in [0.3, 0.4) is 0 Å². The van der Waals surface area contributed by atoms with Crippen LogP contribution in [-0.4, -0.2) is 44.1 Å². The highest BCUT2D eigenvalue weighted by molar-refractivity contribution is 7.91. The Labute approximate surface area is 166 Å². The summed E-state index contributed by atoms with van der Waals surface area (Å²) in [5, 5.41) is 8.67. The second-order valence-corrected chi connectivity index (χ2v) is 8.39. The van der Waals surface area contributed by atoms with Crippen LogP contribution < -0.4 is 4.74 Å². The molecular formula is C21H27NO5S. The van der Waals surface area contributed by atoms with Gasteiger partial charge >= 0.3 is 5.97 Å². The highest BCUT2D eigenvalue weighted by atomic mass is 32.2. The molecule has 0 saturated carbocycles. The average molecular weight is 406 g/mol. The summed E-state index contributed by atoms with van der Waals surface area (Å²) in [6.07, 6.45) is -0.150. The third-order valence-corrected chi connectivity index (χ3v) is 6.50. The highest BCUT2D eigenvalue weighted by Crippen LogP contribution is 2.27. The summed E-state index contributed by atoms with van der Waals surface area (Å²) < 4.78 is 31.2. The van der Waals surface area contributed by atoms with Gasteiger partial charge in [0.05, 0.1) is 22.8 Å². The van der Waals surface area contributed by atoms with Gasteiger partial charge in [0, 0.05) is 6.04 Å². The first kappa shape index (κ1) is 21.9. The van der Waals surface area contributed by atoms with Gasteiger partial charge in [-0.3, -0.25) is 9.69 Å². The number of nitrogens with zero attached hydrogens (tertiary/aromatic N) is 1. The van der Waals surface area contributed by atoms with Gasteiger partial charge in [-0.05, 0) is 55.9 Å². The van der Waals surface area contributed by atoms with Crippen molar-refractivity contribution in [2.24, 2.45) is 0 Å². The first-order valence-electron chi connectivity index (χ1n) is 9.33. The number of rotatable bonds is 10. The van der Waals surface area contributed by atoms with E-state index < -0.39 is 15.8 Å². The molecule has 0 aliphatic carbocycles. The fourth-order valence-corrected chi connectivity index (χ4v) is 4.33. The molecule has 6 nitrogen and oxygen atoms in total. The Hall–Kier alpha value is -2.38. The van der Waals surface area contributed by atoms with Crippen LogP contribution in [0.2, 0.25) is 0 Å². The van der Waals surface area contributed by atoms with Crippen LogP contribution >= 0.6 is 0 Å². The molecule has 2 aromatic rings. The van der Waals surface area contributed by atoms with Crippen molar-refractivity contribution in [3.8, 4) is 5.75 Å². The predicted molar refractivity (Wildman–Crippen MR) is 107 cm³/mol. The lowest BCUT2D eigenvalue weighted by Gasteiger charge is -2.26. The zero-order valence-electron chi connectivity index (χ0n) is 16.5. The molecule has 28 heavy (non-hydrogen) atoms. The van der Waals surface area contributed by atoms with E-state index in [0.29, 0.717) is 5.75 Å². The Morgan fingerprint density at radius 1 is 1.07 bits per heavy atom. The smallest absolute Gasteiger partial charge is 0.306 e. The minimum absolute atomic E-state index is 0.0171. The monoisotopic (exact) mass is 405 g/mol. The molecule has 0 radical (unpaired) electrons. The fourth-order valence-electron chi connectivity index (χ4n) is 3.03. The second-order valence-electron chi connectivity index (χ2n) is 6.44. The first-order valence-corrected chi connectivity index (χ1v) is 10.8. The molecule has 0 aliphatic rings. The van der Waals surface area contributed by atoms with E-state index in [9.17, 15) is 13.2 Å². The van der Waals surface area contributed by atoms with Gasteiger partial charge < -0.3 is 9.84 Å². The molecule has 0 heterocycles. The lowest BCUT2D eigenvalue weighted by atomic mass is 10.1. The predicted octanol–water partition coefficient (Wildman–Crippen LogP) is 3.78. The number of carboxylic acid groups (broad SMARTS) is 1. The minimum atomic E-state index is -3.69. The Kier molecular flexibility index (Phi) is 7.60. The molecule has 0 aliphatic heterocycles. The van der Waals surface area contributed by atoms with Gasteiger partial charge in [0.25, 0.3) is 0 Å². The Balaban J connectivity index is 2.21. The zero-order valence-corrected chi connectivity index (χ0v) is 17.3. The molecule has 0 fully saturated rings. The standard InChI is InChI=1S/C21H27NO5S/c1-4-22(5-2)16(3)17-9-11-19(12-10-17)28(25,26)20-8-6-7-18(15-20)27-14-13-21(23)24/h6-12,15-16H,4-5,13-14H2,1-3H3,(H,23,24)/t16-/m0/s1. The zero-order chi connectivity index (χ0) is 20.7. The topological polar surface area (TPSA) is 83.9 Å². The van der Waals surface area contributed by atoms with Crippen LogP contribution in [0, 0.1) is 0 Å². The van der Waals surface area contributed by atoms with E-state index in [1.54, 1.807) is 24.3 Å². The lowest BCUT2D eigenvalue weighted by Crippen LogP contribution is -2.26. The molecule has 2 aromatic carbocycles. The number of carbonyl (C=O) groups is 1. The number of hydrogen-bond acceptors (Lipinski definition) is 5. The Morgan fingerprint density at radius 2 is 1.71 bits per heavy atom. The largest absolute Gasteiger partial charge is 0.493 e. The van der Waals surface area contributed by atoms with E-state index in [1.807, 2.05) is 12.1 Å². The third-order valence-electron chi connectivity index (χ3n) is 4.73. The maximum atomic E-state index is 12.9. The SMILES string of the molecule is CCN(CC)[C@@H](C)c1ccc(S(=O)(=O)c2cccc(OCCC(=O)O)c2)cc1. The molecule has 1 atom stereocenters. The quantitative estimate of drug-likeness (QED) is 0.648. The van der Waals surface area contributed by atoms with Crippen LogP contribution in [0.1, 0.15) is 38.8 Å². The Morgan fingerprint density at radius 3 is 2.29 bits per heavy atom. The summed E-state index contributed by atoms with van der Waals surface area (Å²) in [6, 6.07) is 13.3. The van der Waals surface area contributed by atoms with Crippen molar-refractivity contribution >= 4 is 15.8 Å². The number of aliphatic carboxylic acids is 1. The summed E-state index contributed by atoms with van der Waals surface area (Å²) in [4.78, 5) is 13.2. The lowest BCUT2D eigenvalue weighted by molar-refractivity contribution is -0.137. The van der Waals surface area contributed by atoms with Crippen LogP contribution in [0.5, 0.6) is 5.75 Å². The molecular weight excluding hydrogens is 378 g/mol. The molecule has 1 N–H and O–H groups in total. The van der Waals surface area contributed by atoms with E-state index in [1.165, 1.54) is 12.1 Å². The summed E-state index contributed by atoms with van der Waals surface area (Å²) >= 11 is 0. The molecule has 0 amide bonds. The Bertz CT molecular complexity index is 889. The minimum Gasteiger partial charge on any atom is -0.493 e. The van der Waals surface area contributed by atoms with E-state index in [4.69, 9.17) is 9.84 Å². The number of benzene rings is 2. The van der Waals surface area contributed by atoms with Gasteiger partial charge in [-0.1, -0.05) is 32.0 Å². The van der Waals surface area contributed by atoms with Crippen molar-refractivity contribution in [2.45, 2.75) is 43.0 Å². The van der Waals surface area contributed by atoms with Gasteiger partial charge in [0.15, 0.2) is 0 Å². The second kappa shape index (κ2) is 9.71. The number of ether oxygens (including phenoxy) is 1. The summed E-state index contributed by atoms with van der Waals surface area (Å²) in [5.74, 6) is -0.642. The van der Waals surface area contributed by atoms with Crippen LogP contribution in [0.15, 0.2) is 58.3 Å². The summed E-state index contributed by atoms with van der Waals surface area (Å²) in [6.45, 7) is 8.14. The highest BCUT2D eigenvalue weighted by Gasteiger charge is 2.19. The molecule has 7 heteroatoms. The van der Waals surface area contributed by atoms with Crippen LogP contribution in [0.4, 0.5) is 0 Å². The van der Waals surface area contributed by atoms with Crippen molar-refractivity contribution in [3.63, 3.8) is 0 Å². The molecule has 152 valence electrons.